The highest BCUT2D eigenvalue weighted by molar-refractivity contribution is 9.10. The molecular weight excluding hydrogens is 256 g/mol. The number of hydrogen-bond acceptors (Lipinski definition) is 1. The number of rotatable bonds is 1. The van der Waals surface area contributed by atoms with Gasteiger partial charge in [0.1, 0.15) is 0 Å². The largest absolute Gasteiger partial charge is 0.335 e. The molecule has 1 unspecified atom stereocenters. The second-order valence-electron chi connectivity index (χ2n) is 3.97. The summed E-state index contributed by atoms with van der Waals surface area (Å²) in [6.45, 7) is 2.70. The molecule has 1 aliphatic rings. The van der Waals surface area contributed by atoms with Gasteiger partial charge < -0.3 is 10.2 Å². The molecule has 1 aromatic rings. The molecule has 1 atom stereocenters. The van der Waals surface area contributed by atoms with Crippen molar-refractivity contribution in [1.29, 1.82) is 0 Å². The highest BCUT2D eigenvalue weighted by Gasteiger charge is 2.41. The number of urea groups is 1. The number of nitrogens with one attached hydrogen (secondary N) is 1. The zero-order valence-electron chi connectivity index (χ0n) is 8.75. The van der Waals surface area contributed by atoms with Crippen LogP contribution in [0.1, 0.15) is 12.5 Å². The van der Waals surface area contributed by atoms with Gasteiger partial charge in [0.2, 0.25) is 0 Å². The van der Waals surface area contributed by atoms with Crippen LogP contribution in [0.5, 0.6) is 0 Å². The highest BCUT2D eigenvalue weighted by atomic mass is 79.9. The topological polar surface area (TPSA) is 32.3 Å². The van der Waals surface area contributed by atoms with Crippen molar-refractivity contribution < 1.29 is 4.79 Å². The third-order valence-corrected chi connectivity index (χ3v) is 3.77. The molecule has 2 amide bonds. The van der Waals surface area contributed by atoms with Crippen LogP contribution in [-0.4, -0.2) is 24.5 Å². The van der Waals surface area contributed by atoms with Gasteiger partial charge in [-0.05, 0) is 18.6 Å². The first-order valence-corrected chi connectivity index (χ1v) is 5.61. The number of halogens is 1. The van der Waals surface area contributed by atoms with Crippen molar-refractivity contribution in [3.8, 4) is 0 Å². The predicted molar refractivity (Wildman–Crippen MR) is 62.7 cm³/mol. The molecule has 0 radical (unpaired) electrons. The number of likely N-dealkylation sites (N-methyl/N-ethyl adjacent to an activating group) is 1. The smallest absolute Gasteiger partial charge is 0.318 e. The standard InChI is InChI=1S/C11H13BrN2O/c1-11(7-13-10(15)14(11)2)8-5-3-4-6-9(8)12/h3-6H,7H2,1-2H3,(H,13,15). The van der Waals surface area contributed by atoms with E-state index in [-0.39, 0.29) is 11.6 Å². The van der Waals surface area contributed by atoms with Gasteiger partial charge in [-0.3, -0.25) is 0 Å². The molecule has 1 aromatic carbocycles. The van der Waals surface area contributed by atoms with E-state index in [1.807, 2.05) is 31.3 Å². The molecule has 2 rings (SSSR count). The molecule has 80 valence electrons. The fraction of sp³-hybridized carbons (Fsp3) is 0.364. The summed E-state index contributed by atoms with van der Waals surface area (Å²) >= 11 is 3.52. The molecule has 0 saturated carbocycles. The lowest BCUT2D eigenvalue weighted by atomic mass is 9.92. The molecule has 0 aromatic heterocycles. The summed E-state index contributed by atoms with van der Waals surface area (Å²) in [7, 11) is 1.82. The van der Waals surface area contributed by atoms with E-state index in [2.05, 4.69) is 28.2 Å². The fourth-order valence-corrected chi connectivity index (χ4v) is 2.59. The van der Waals surface area contributed by atoms with Gasteiger partial charge in [-0.1, -0.05) is 34.1 Å². The molecule has 0 spiro atoms. The molecular formula is C11H13BrN2O. The Morgan fingerprint density at radius 1 is 1.47 bits per heavy atom. The monoisotopic (exact) mass is 268 g/mol. The molecule has 0 bridgehead atoms. The first kappa shape index (κ1) is 10.5. The van der Waals surface area contributed by atoms with Crippen molar-refractivity contribution in [2.75, 3.05) is 13.6 Å². The van der Waals surface area contributed by atoms with Crippen molar-refractivity contribution in [2.24, 2.45) is 0 Å². The number of hydrogen-bond donors (Lipinski definition) is 1. The lowest BCUT2D eigenvalue weighted by molar-refractivity contribution is 0.188. The van der Waals surface area contributed by atoms with Gasteiger partial charge in [0.15, 0.2) is 0 Å². The maximum absolute atomic E-state index is 11.5. The maximum Gasteiger partial charge on any atom is 0.318 e. The van der Waals surface area contributed by atoms with Crippen molar-refractivity contribution in [3.63, 3.8) is 0 Å². The molecule has 0 aliphatic carbocycles. The molecule has 1 saturated heterocycles. The van der Waals surface area contributed by atoms with Crippen LogP contribution in [0.25, 0.3) is 0 Å². The minimum Gasteiger partial charge on any atom is -0.335 e. The summed E-state index contributed by atoms with van der Waals surface area (Å²) < 4.78 is 1.04. The highest BCUT2D eigenvalue weighted by Crippen LogP contribution is 2.34. The van der Waals surface area contributed by atoms with Crippen LogP contribution in [0.2, 0.25) is 0 Å². The van der Waals surface area contributed by atoms with Gasteiger partial charge in [0.25, 0.3) is 0 Å². The number of benzene rings is 1. The van der Waals surface area contributed by atoms with Crippen LogP contribution in [0, 0.1) is 0 Å². The van der Waals surface area contributed by atoms with E-state index < -0.39 is 0 Å². The van der Waals surface area contributed by atoms with Crippen molar-refractivity contribution in [3.05, 3.63) is 34.3 Å². The SMILES string of the molecule is CN1C(=O)NCC1(C)c1ccccc1Br. The van der Waals surface area contributed by atoms with Gasteiger partial charge in [-0.25, -0.2) is 4.79 Å². The van der Waals surface area contributed by atoms with E-state index in [0.29, 0.717) is 6.54 Å². The van der Waals surface area contributed by atoms with Gasteiger partial charge in [0.05, 0.1) is 5.54 Å². The number of amides is 2. The summed E-state index contributed by atoms with van der Waals surface area (Å²) in [5, 5.41) is 2.85. The summed E-state index contributed by atoms with van der Waals surface area (Å²) in [5.41, 5.74) is 0.864. The Hall–Kier alpha value is -1.03. The summed E-state index contributed by atoms with van der Waals surface area (Å²) in [4.78, 5) is 13.2. The van der Waals surface area contributed by atoms with E-state index in [0.717, 1.165) is 10.0 Å². The summed E-state index contributed by atoms with van der Waals surface area (Å²) in [6.07, 6.45) is 0. The van der Waals surface area contributed by atoms with E-state index in [9.17, 15) is 4.79 Å². The van der Waals surface area contributed by atoms with Crippen LogP contribution in [-0.2, 0) is 5.54 Å². The first-order chi connectivity index (χ1) is 7.05. The summed E-state index contributed by atoms with van der Waals surface area (Å²) in [5.74, 6) is 0. The van der Waals surface area contributed by atoms with E-state index in [1.165, 1.54) is 0 Å². The van der Waals surface area contributed by atoms with Gasteiger partial charge >= 0.3 is 6.03 Å². The fourth-order valence-electron chi connectivity index (χ4n) is 1.88. The minimum absolute atomic E-state index is 0.0201. The summed E-state index contributed by atoms with van der Waals surface area (Å²) in [6, 6.07) is 7.98. The zero-order valence-corrected chi connectivity index (χ0v) is 10.3. The second kappa shape index (κ2) is 3.52. The molecule has 3 nitrogen and oxygen atoms in total. The third kappa shape index (κ3) is 1.53. The van der Waals surface area contributed by atoms with Gasteiger partial charge in [-0.2, -0.15) is 0 Å². The van der Waals surface area contributed by atoms with Crippen LogP contribution in [0.15, 0.2) is 28.7 Å². The van der Waals surface area contributed by atoms with Crippen LogP contribution in [0.4, 0.5) is 4.79 Å². The van der Waals surface area contributed by atoms with E-state index in [1.54, 1.807) is 4.90 Å². The Balaban J connectivity index is 2.47. The molecule has 1 heterocycles. The average Bonchev–Trinajstić information content (AvgIpc) is 2.48. The van der Waals surface area contributed by atoms with Crippen LogP contribution >= 0.6 is 15.9 Å². The molecule has 1 N–H and O–H groups in total. The molecule has 1 fully saturated rings. The Kier molecular flexibility index (Phi) is 2.46. The number of carbonyl (C=O) groups is 1. The van der Waals surface area contributed by atoms with E-state index in [4.69, 9.17) is 0 Å². The zero-order chi connectivity index (χ0) is 11.1. The Labute approximate surface area is 97.6 Å². The van der Waals surface area contributed by atoms with Gasteiger partial charge in [-0.15, -0.1) is 0 Å². The van der Waals surface area contributed by atoms with Crippen molar-refractivity contribution >= 4 is 22.0 Å². The third-order valence-electron chi connectivity index (χ3n) is 3.08. The lowest BCUT2D eigenvalue weighted by Gasteiger charge is -2.31. The second-order valence-corrected chi connectivity index (χ2v) is 4.83. The quantitative estimate of drug-likeness (QED) is 0.833. The molecule has 4 heteroatoms. The maximum atomic E-state index is 11.5. The van der Waals surface area contributed by atoms with Crippen LogP contribution in [0.3, 0.4) is 0 Å². The Morgan fingerprint density at radius 3 is 2.67 bits per heavy atom. The lowest BCUT2D eigenvalue weighted by Crippen LogP contribution is -2.39. The van der Waals surface area contributed by atoms with Crippen molar-refractivity contribution in [1.82, 2.24) is 10.2 Å². The number of nitrogens with zero attached hydrogens (tertiary/aromatic N) is 1. The van der Waals surface area contributed by atoms with Gasteiger partial charge in [0, 0.05) is 18.1 Å². The number of carbonyl (C=O) groups excluding carboxylic acids is 1. The Bertz CT molecular complexity index is 407. The Morgan fingerprint density at radius 2 is 2.13 bits per heavy atom. The van der Waals surface area contributed by atoms with Crippen LogP contribution < -0.4 is 5.32 Å². The van der Waals surface area contributed by atoms with E-state index >= 15 is 0 Å². The minimum atomic E-state index is -0.267. The molecule has 1 aliphatic heterocycles. The normalized spacial score (nSPS) is 25.5. The average molecular weight is 269 g/mol. The first-order valence-electron chi connectivity index (χ1n) is 4.82. The van der Waals surface area contributed by atoms with Crippen molar-refractivity contribution in [2.45, 2.75) is 12.5 Å². The molecule has 15 heavy (non-hydrogen) atoms. The predicted octanol–water partition coefficient (Wildman–Crippen LogP) is 2.32.